The van der Waals surface area contributed by atoms with Crippen LogP contribution in [0.15, 0.2) is 46.9 Å². The quantitative estimate of drug-likeness (QED) is 0.395. The zero-order valence-electron chi connectivity index (χ0n) is 18.3. The van der Waals surface area contributed by atoms with Gasteiger partial charge in [0.1, 0.15) is 40.1 Å². The third-order valence-electron chi connectivity index (χ3n) is 5.51. The molecule has 5 rings (SSSR count). The van der Waals surface area contributed by atoms with Crippen LogP contribution in [0, 0.1) is 0 Å². The summed E-state index contributed by atoms with van der Waals surface area (Å²) in [5, 5.41) is 0.964. The van der Waals surface area contributed by atoms with E-state index in [4.69, 9.17) is 23.6 Å². The topological polar surface area (TPSA) is 66.6 Å². The van der Waals surface area contributed by atoms with Crippen molar-refractivity contribution in [2.45, 2.75) is 52.2 Å². The number of hydrogen-bond donors (Lipinski definition) is 0. The predicted octanol–water partition coefficient (Wildman–Crippen LogP) is 6.02. The summed E-state index contributed by atoms with van der Waals surface area (Å²) in [6.07, 6.45) is 1.12. The molecule has 0 spiro atoms. The normalized spacial score (nSPS) is 17.4. The van der Waals surface area contributed by atoms with Crippen molar-refractivity contribution in [2.24, 2.45) is 0 Å². The highest BCUT2D eigenvalue weighted by Gasteiger charge is 2.36. The van der Waals surface area contributed by atoms with Crippen molar-refractivity contribution in [3.05, 3.63) is 53.9 Å². The monoisotopic (exact) mass is 418 g/mol. The second kappa shape index (κ2) is 7.45. The number of para-hydroxylation sites is 1. The zero-order valence-corrected chi connectivity index (χ0v) is 18.3. The third-order valence-corrected chi connectivity index (χ3v) is 5.51. The molecule has 0 saturated carbocycles. The van der Waals surface area contributed by atoms with E-state index in [1.165, 1.54) is 0 Å². The van der Waals surface area contributed by atoms with E-state index in [0.29, 0.717) is 30.9 Å². The van der Waals surface area contributed by atoms with Crippen molar-refractivity contribution in [1.82, 2.24) is 9.97 Å². The number of hydrogen-bond acceptors (Lipinski definition) is 6. The minimum Gasteiger partial charge on any atom is -0.494 e. The fraction of sp³-hybridized carbons (Fsp3) is 0.360. The minimum atomic E-state index is -0.377. The summed E-state index contributed by atoms with van der Waals surface area (Å²) in [5.74, 6) is 2.79. The first-order valence-corrected chi connectivity index (χ1v) is 10.8. The molecule has 6 nitrogen and oxygen atoms in total. The number of nitrogens with zero attached hydrogens (tertiary/aromatic N) is 2. The summed E-state index contributed by atoms with van der Waals surface area (Å²) in [6.45, 7) is 8.74. The molecule has 0 amide bonds. The molecule has 2 aromatic heterocycles. The van der Waals surface area contributed by atoms with Crippen molar-refractivity contribution < 1.29 is 18.6 Å². The second-order valence-corrected chi connectivity index (χ2v) is 8.38. The van der Waals surface area contributed by atoms with Crippen LogP contribution in [0.25, 0.3) is 22.1 Å². The number of fused-ring (bicyclic) bond motifs is 4. The van der Waals surface area contributed by atoms with Gasteiger partial charge in [-0.25, -0.2) is 4.98 Å². The Morgan fingerprint density at radius 1 is 1.10 bits per heavy atom. The first kappa shape index (κ1) is 19.7. The van der Waals surface area contributed by atoms with Crippen LogP contribution in [0.1, 0.15) is 51.6 Å². The van der Waals surface area contributed by atoms with Crippen LogP contribution in [-0.2, 0) is 6.42 Å². The van der Waals surface area contributed by atoms with Gasteiger partial charge in [-0.05, 0) is 51.1 Å². The molecule has 3 heterocycles. The molecule has 1 unspecified atom stereocenters. The summed E-state index contributed by atoms with van der Waals surface area (Å²) >= 11 is 0. The van der Waals surface area contributed by atoms with Gasteiger partial charge >= 0.3 is 0 Å². The first-order chi connectivity index (χ1) is 15.0. The molecular formula is C25H26N2O4. The number of aryl methyl sites for hydroxylation is 1. The van der Waals surface area contributed by atoms with Gasteiger partial charge in [0, 0.05) is 23.8 Å². The molecule has 0 radical (unpaired) electrons. The Morgan fingerprint density at radius 2 is 1.94 bits per heavy atom. The highest BCUT2D eigenvalue weighted by Crippen LogP contribution is 2.44. The lowest BCUT2D eigenvalue weighted by Gasteiger charge is -2.37. The first-order valence-electron chi connectivity index (χ1n) is 10.8. The van der Waals surface area contributed by atoms with Crippen molar-refractivity contribution in [1.29, 1.82) is 0 Å². The van der Waals surface area contributed by atoms with Gasteiger partial charge in [-0.1, -0.05) is 19.1 Å². The highest BCUT2D eigenvalue weighted by atomic mass is 16.5. The van der Waals surface area contributed by atoms with E-state index in [1.54, 1.807) is 0 Å². The number of aromatic nitrogens is 2. The average molecular weight is 418 g/mol. The zero-order chi connectivity index (χ0) is 21.6. The summed E-state index contributed by atoms with van der Waals surface area (Å²) in [7, 11) is 0. The summed E-state index contributed by atoms with van der Waals surface area (Å²) in [5.41, 5.74) is 2.71. The van der Waals surface area contributed by atoms with Crippen LogP contribution in [0.2, 0.25) is 0 Å². The lowest BCUT2D eigenvalue weighted by molar-refractivity contribution is 0.0203. The molecule has 0 N–H and O–H groups in total. The van der Waals surface area contributed by atoms with E-state index in [2.05, 4.69) is 18.8 Å². The van der Waals surface area contributed by atoms with Crippen molar-refractivity contribution in [2.75, 3.05) is 6.61 Å². The number of furan rings is 1. The lowest BCUT2D eigenvalue weighted by Crippen LogP contribution is -2.36. The lowest BCUT2D eigenvalue weighted by atomic mass is 9.91. The maximum absolute atomic E-state index is 6.56. The fourth-order valence-corrected chi connectivity index (χ4v) is 4.11. The molecule has 0 bridgehead atoms. The standard InChI is InChI=1S/C25H26N2O4/c1-5-21-26-22-16-9-7-8-10-18(16)29-23(22)24(27-21)30-20-14-25(3,4)31-19-12-11-15(28-6-2)13-17(19)20/h7-13,20H,5-6,14H2,1-4H3. The van der Waals surface area contributed by atoms with Crippen LogP contribution >= 0.6 is 0 Å². The molecule has 0 aliphatic carbocycles. The molecule has 2 aromatic carbocycles. The van der Waals surface area contributed by atoms with Gasteiger partial charge in [0.25, 0.3) is 5.88 Å². The molecule has 6 heteroatoms. The average Bonchev–Trinajstić information content (AvgIpc) is 3.13. The van der Waals surface area contributed by atoms with E-state index in [0.717, 1.165) is 39.4 Å². The Balaban J connectivity index is 1.63. The summed E-state index contributed by atoms with van der Waals surface area (Å²) < 4.78 is 24.6. The summed E-state index contributed by atoms with van der Waals surface area (Å²) in [4.78, 5) is 9.41. The van der Waals surface area contributed by atoms with Gasteiger partial charge < -0.3 is 18.6 Å². The smallest absolute Gasteiger partial charge is 0.262 e. The Hall–Kier alpha value is -3.28. The SMILES string of the molecule is CCOc1ccc2c(c1)C(Oc1nc(CC)nc3c1oc1ccccc13)CC(C)(C)O2. The molecular weight excluding hydrogens is 392 g/mol. The maximum Gasteiger partial charge on any atom is 0.262 e. The molecule has 4 aromatic rings. The van der Waals surface area contributed by atoms with Crippen LogP contribution in [-0.4, -0.2) is 22.2 Å². The molecule has 1 atom stereocenters. The second-order valence-electron chi connectivity index (χ2n) is 8.38. The van der Waals surface area contributed by atoms with Crippen LogP contribution in [0.4, 0.5) is 0 Å². The highest BCUT2D eigenvalue weighted by molar-refractivity contribution is 6.03. The molecule has 0 saturated heterocycles. The maximum atomic E-state index is 6.56. The number of benzene rings is 2. The third kappa shape index (κ3) is 3.56. The molecule has 1 aliphatic rings. The summed E-state index contributed by atoms with van der Waals surface area (Å²) in [6, 6.07) is 13.8. The van der Waals surface area contributed by atoms with E-state index in [-0.39, 0.29) is 11.7 Å². The van der Waals surface area contributed by atoms with Gasteiger partial charge in [0.15, 0.2) is 0 Å². The van der Waals surface area contributed by atoms with Crippen LogP contribution in [0.3, 0.4) is 0 Å². The van der Waals surface area contributed by atoms with Crippen LogP contribution < -0.4 is 14.2 Å². The Bertz CT molecular complexity index is 1260. The molecule has 160 valence electrons. The van der Waals surface area contributed by atoms with Gasteiger partial charge in [-0.2, -0.15) is 4.98 Å². The Morgan fingerprint density at radius 3 is 2.74 bits per heavy atom. The van der Waals surface area contributed by atoms with Gasteiger partial charge in [-0.3, -0.25) is 0 Å². The van der Waals surface area contributed by atoms with Crippen molar-refractivity contribution in [3.8, 4) is 17.4 Å². The van der Waals surface area contributed by atoms with E-state index in [9.17, 15) is 0 Å². The number of rotatable bonds is 5. The van der Waals surface area contributed by atoms with E-state index in [1.807, 2.05) is 56.3 Å². The molecule has 0 fully saturated rings. The van der Waals surface area contributed by atoms with E-state index < -0.39 is 0 Å². The van der Waals surface area contributed by atoms with Crippen LogP contribution in [0.5, 0.6) is 17.4 Å². The van der Waals surface area contributed by atoms with Gasteiger partial charge in [0.05, 0.1) is 6.61 Å². The Kier molecular flexibility index (Phi) is 4.73. The van der Waals surface area contributed by atoms with Crippen molar-refractivity contribution in [3.63, 3.8) is 0 Å². The van der Waals surface area contributed by atoms with Gasteiger partial charge in [0.2, 0.25) is 5.58 Å². The largest absolute Gasteiger partial charge is 0.494 e. The molecule has 31 heavy (non-hydrogen) atoms. The van der Waals surface area contributed by atoms with Crippen molar-refractivity contribution >= 4 is 22.1 Å². The molecule has 1 aliphatic heterocycles. The Labute approximate surface area is 181 Å². The van der Waals surface area contributed by atoms with Gasteiger partial charge in [-0.15, -0.1) is 0 Å². The minimum absolute atomic E-state index is 0.254. The fourth-order valence-electron chi connectivity index (χ4n) is 4.11. The number of ether oxygens (including phenoxy) is 3. The van der Waals surface area contributed by atoms with E-state index >= 15 is 0 Å². The predicted molar refractivity (Wildman–Crippen MR) is 119 cm³/mol.